The van der Waals surface area contributed by atoms with Crippen molar-refractivity contribution >= 4 is 17.6 Å². The molecular formula is C21H25NO3. The highest BCUT2D eigenvalue weighted by Gasteiger charge is 2.51. The number of carbonyl (C=O) groups is 2. The summed E-state index contributed by atoms with van der Waals surface area (Å²) >= 11 is 0. The first-order chi connectivity index (χ1) is 12.0. The van der Waals surface area contributed by atoms with Crippen LogP contribution in [0.1, 0.15) is 50.5 Å². The zero-order chi connectivity index (χ0) is 17.2. The fraction of sp³-hybridized carbons (Fsp3) is 0.619. The van der Waals surface area contributed by atoms with Gasteiger partial charge in [0.2, 0.25) is 5.91 Å². The van der Waals surface area contributed by atoms with E-state index in [1.165, 1.54) is 44.1 Å². The molecule has 1 aromatic rings. The van der Waals surface area contributed by atoms with Crippen LogP contribution in [-0.2, 0) is 15.0 Å². The van der Waals surface area contributed by atoms with E-state index < -0.39 is 11.9 Å². The molecule has 4 nitrogen and oxygen atoms in total. The van der Waals surface area contributed by atoms with Gasteiger partial charge in [-0.2, -0.15) is 0 Å². The highest BCUT2D eigenvalue weighted by molar-refractivity contribution is 5.99. The van der Waals surface area contributed by atoms with Crippen LogP contribution in [0.15, 0.2) is 24.3 Å². The molecule has 1 atom stereocenters. The van der Waals surface area contributed by atoms with Crippen LogP contribution in [0.5, 0.6) is 0 Å². The van der Waals surface area contributed by atoms with E-state index in [1.54, 1.807) is 4.90 Å². The highest BCUT2D eigenvalue weighted by Crippen LogP contribution is 2.60. The standard InChI is InChI=1S/C21H25NO3/c23-19-8-16(20(24)25)12-22(19)18-3-1-17(2-4-18)21-9-13-5-14(10-21)7-15(6-13)11-21/h1-4,13-16H,5-12H2,(H,24,25)/t13?,14?,15?,16-,21?/m0/s1. The maximum atomic E-state index is 12.2. The Morgan fingerprint density at radius 1 is 1.00 bits per heavy atom. The van der Waals surface area contributed by atoms with Crippen molar-refractivity contribution in [3.8, 4) is 0 Å². The maximum Gasteiger partial charge on any atom is 0.308 e. The number of carboxylic acids is 1. The van der Waals surface area contributed by atoms with Crippen LogP contribution in [0.25, 0.3) is 0 Å². The number of anilines is 1. The summed E-state index contributed by atoms with van der Waals surface area (Å²) in [6, 6.07) is 8.50. The van der Waals surface area contributed by atoms with Gasteiger partial charge < -0.3 is 10.0 Å². The van der Waals surface area contributed by atoms with Gasteiger partial charge in [0.15, 0.2) is 0 Å². The molecule has 4 saturated carbocycles. The van der Waals surface area contributed by atoms with Crippen molar-refractivity contribution in [2.45, 2.75) is 50.4 Å². The molecule has 1 saturated heterocycles. The van der Waals surface area contributed by atoms with Crippen LogP contribution in [0.4, 0.5) is 5.69 Å². The fourth-order valence-corrected chi connectivity index (χ4v) is 6.58. The number of amides is 1. The van der Waals surface area contributed by atoms with E-state index in [4.69, 9.17) is 5.11 Å². The van der Waals surface area contributed by atoms with Crippen molar-refractivity contribution in [1.29, 1.82) is 0 Å². The normalized spacial score (nSPS) is 39.2. The summed E-state index contributed by atoms with van der Waals surface area (Å²) in [5.41, 5.74) is 2.66. The number of rotatable bonds is 3. The minimum Gasteiger partial charge on any atom is -0.481 e. The van der Waals surface area contributed by atoms with E-state index >= 15 is 0 Å². The molecule has 1 aliphatic heterocycles. The average molecular weight is 339 g/mol. The Balaban J connectivity index is 1.39. The Morgan fingerprint density at radius 2 is 1.56 bits per heavy atom. The molecule has 1 heterocycles. The van der Waals surface area contributed by atoms with Gasteiger partial charge in [-0.15, -0.1) is 0 Å². The Kier molecular flexibility index (Phi) is 3.28. The molecule has 0 aromatic heterocycles. The summed E-state index contributed by atoms with van der Waals surface area (Å²) in [6.07, 6.45) is 8.45. The molecule has 5 aliphatic rings. The van der Waals surface area contributed by atoms with Crippen LogP contribution < -0.4 is 4.90 Å². The molecule has 132 valence electrons. The number of hydrogen-bond acceptors (Lipinski definition) is 2. The molecule has 0 radical (unpaired) electrons. The van der Waals surface area contributed by atoms with Crippen LogP contribution >= 0.6 is 0 Å². The third-order valence-electron chi connectivity index (χ3n) is 7.30. The van der Waals surface area contributed by atoms with E-state index in [9.17, 15) is 9.59 Å². The van der Waals surface area contributed by atoms with Crippen LogP contribution in [0.3, 0.4) is 0 Å². The molecule has 1 N–H and O–H groups in total. The van der Waals surface area contributed by atoms with Crippen molar-refractivity contribution < 1.29 is 14.7 Å². The topological polar surface area (TPSA) is 57.6 Å². The SMILES string of the molecule is O=C(O)[C@H]1CC(=O)N(c2ccc(C34CC5CC(CC(C5)C3)C4)cc2)C1. The molecule has 4 aliphatic carbocycles. The van der Waals surface area contributed by atoms with Crippen LogP contribution in [0.2, 0.25) is 0 Å². The second-order valence-electron chi connectivity index (χ2n) is 8.99. The second-order valence-corrected chi connectivity index (χ2v) is 8.99. The summed E-state index contributed by atoms with van der Waals surface area (Å²) in [5.74, 6) is 1.23. The van der Waals surface area contributed by atoms with E-state index in [1.807, 2.05) is 12.1 Å². The van der Waals surface area contributed by atoms with Crippen LogP contribution in [0, 0.1) is 23.7 Å². The average Bonchev–Trinajstić information content (AvgIpc) is 2.96. The lowest BCUT2D eigenvalue weighted by atomic mass is 9.48. The number of carbonyl (C=O) groups excluding carboxylic acids is 1. The Bertz CT molecular complexity index is 688. The number of hydrogen-bond donors (Lipinski definition) is 1. The van der Waals surface area contributed by atoms with Crippen molar-refractivity contribution in [2.24, 2.45) is 23.7 Å². The summed E-state index contributed by atoms with van der Waals surface area (Å²) in [7, 11) is 0. The lowest BCUT2D eigenvalue weighted by Crippen LogP contribution is -2.48. The number of benzene rings is 1. The van der Waals surface area contributed by atoms with Gasteiger partial charge in [0.05, 0.1) is 5.92 Å². The smallest absolute Gasteiger partial charge is 0.308 e. The quantitative estimate of drug-likeness (QED) is 0.915. The molecule has 4 bridgehead atoms. The van der Waals surface area contributed by atoms with Crippen molar-refractivity contribution in [1.82, 2.24) is 0 Å². The maximum absolute atomic E-state index is 12.2. The molecule has 4 heteroatoms. The van der Waals surface area contributed by atoms with Crippen molar-refractivity contribution in [2.75, 3.05) is 11.4 Å². The van der Waals surface area contributed by atoms with E-state index in [-0.39, 0.29) is 12.3 Å². The molecular weight excluding hydrogens is 314 g/mol. The second kappa shape index (κ2) is 5.33. The van der Waals surface area contributed by atoms with Crippen molar-refractivity contribution in [3.05, 3.63) is 29.8 Å². The fourth-order valence-electron chi connectivity index (χ4n) is 6.58. The minimum absolute atomic E-state index is 0.0741. The molecule has 5 fully saturated rings. The van der Waals surface area contributed by atoms with Gasteiger partial charge in [-0.25, -0.2) is 0 Å². The van der Waals surface area contributed by atoms with Gasteiger partial charge in [0, 0.05) is 18.7 Å². The van der Waals surface area contributed by atoms with E-state index in [2.05, 4.69) is 12.1 Å². The summed E-state index contributed by atoms with van der Waals surface area (Å²) in [6.45, 7) is 0.297. The first kappa shape index (κ1) is 15.4. The zero-order valence-electron chi connectivity index (χ0n) is 14.5. The monoisotopic (exact) mass is 339 g/mol. The molecule has 0 unspecified atom stereocenters. The third-order valence-corrected chi connectivity index (χ3v) is 7.30. The van der Waals surface area contributed by atoms with Gasteiger partial charge in [-0.1, -0.05) is 12.1 Å². The Hall–Kier alpha value is -1.84. The van der Waals surface area contributed by atoms with E-state index in [0.717, 1.165) is 23.4 Å². The lowest BCUT2D eigenvalue weighted by Gasteiger charge is -2.57. The number of nitrogens with zero attached hydrogens (tertiary/aromatic N) is 1. The predicted molar refractivity (Wildman–Crippen MR) is 94.4 cm³/mol. The molecule has 0 spiro atoms. The Morgan fingerprint density at radius 3 is 2.04 bits per heavy atom. The molecule has 1 aromatic carbocycles. The van der Waals surface area contributed by atoms with E-state index in [0.29, 0.717) is 12.0 Å². The first-order valence-corrected chi connectivity index (χ1v) is 9.66. The van der Waals surface area contributed by atoms with Crippen molar-refractivity contribution in [3.63, 3.8) is 0 Å². The zero-order valence-corrected chi connectivity index (χ0v) is 14.5. The largest absolute Gasteiger partial charge is 0.481 e. The number of carboxylic acid groups (broad SMARTS) is 1. The lowest BCUT2D eigenvalue weighted by molar-refractivity contribution is -0.141. The summed E-state index contributed by atoms with van der Waals surface area (Å²) in [5, 5.41) is 9.16. The highest BCUT2D eigenvalue weighted by atomic mass is 16.4. The van der Waals surface area contributed by atoms with Gasteiger partial charge in [0.1, 0.15) is 0 Å². The summed E-state index contributed by atoms with van der Waals surface area (Å²) < 4.78 is 0. The Labute approximate surface area is 148 Å². The van der Waals surface area contributed by atoms with Gasteiger partial charge in [-0.3, -0.25) is 9.59 Å². The molecule has 25 heavy (non-hydrogen) atoms. The van der Waals surface area contributed by atoms with Gasteiger partial charge in [0.25, 0.3) is 0 Å². The summed E-state index contributed by atoms with van der Waals surface area (Å²) in [4.78, 5) is 25.0. The molecule has 6 rings (SSSR count). The third kappa shape index (κ3) is 2.41. The van der Waals surface area contributed by atoms with Gasteiger partial charge >= 0.3 is 5.97 Å². The minimum atomic E-state index is -0.874. The van der Waals surface area contributed by atoms with Crippen LogP contribution in [-0.4, -0.2) is 23.5 Å². The number of aliphatic carboxylic acids is 1. The predicted octanol–water partition coefficient (Wildman–Crippen LogP) is 3.59. The molecule has 1 amide bonds. The first-order valence-electron chi connectivity index (χ1n) is 9.66. The van der Waals surface area contributed by atoms with Gasteiger partial charge in [-0.05, 0) is 79.4 Å².